The number of sulfone groups is 1. The minimum absolute atomic E-state index is 0.0530. The van der Waals surface area contributed by atoms with Crippen LogP contribution in [0.15, 0.2) is 16.5 Å². The summed E-state index contributed by atoms with van der Waals surface area (Å²) in [5, 5.41) is 3.47. The van der Waals surface area contributed by atoms with Crippen LogP contribution in [0.2, 0.25) is 0 Å². The molecule has 0 aliphatic rings. The number of hydrogen-bond acceptors (Lipinski definition) is 6. The normalized spacial score (nSPS) is 11.2. The molecule has 0 saturated heterocycles. The molecule has 20 heavy (non-hydrogen) atoms. The van der Waals surface area contributed by atoms with Gasteiger partial charge in [-0.15, -0.1) is 11.3 Å². The second-order valence-electron chi connectivity index (χ2n) is 4.63. The number of anilines is 2. The number of nitrogens with two attached hydrogens (primary N) is 1. The molecule has 3 N–H and O–H groups in total. The van der Waals surface area contributed by atoms with Gasteiger partial charge in [0.25, 0.3) is 0 Å². The summed E-state index contributed by atoms with van der Waals surface area (Å²) < 4.78 is 24.3. The van der Waals surface area contributed by atoms with Gasteiger partial charge < -0.3 is 11.1 Å². The van der Waals surface area contributed by atoms with E-state index in [9.17, 15) is 13.2 Å². The van der Waals surface area contributed by atoms with E-state index in [1.807, 2.05) is 19.9 Å². The lowest BCUT2D eigenvalue weighted by molar-refractivity contribution is 0.102. The van der Waals surface area contributed by atoms with Gasteiger partial charge in [0, 0.05) is 13.5 Å². The Hall–Kier alpha value is -1.34. The molecule has 5 nitrogen and oxygen atoms in total. The number of thiophene rings is 1. The van der Waals surface area contributed by atoms with Crippen molar-refractivity contribution in [3.05, 3.63) is 16.5 Å². The fourth-order valence-corrected chi connectivity index (χ4v) is 4.18. The molecule has 0 aliphatic heterocycles. The summed E-state index contributed by atoms with van der Waals surface area (Å²) in [4.78, 5) is 11.9. The molecular weight excluding hydrogens is 296 g/mol. The zero-order valence-corrected chi connectivity index (χ0v) is 13.7. The number of Topliss-reactive ketones (excluding diaryl/α,β-unsaturated/α-hetero) is 1. The van der Waals surface area contributed by atoms with Gasteiger partial charge >= 0.3 is 0 Å². The van der Waals surface area contributed by atoms with E-state index in [0.717, 1.165) is 16.9 Å². The molecule has 0 radical (unpaired) electrons. The molecule has 0 fully saturated rings. The van der Waals surface area contributed by atoms with E-state index >= 15 is 0 Å². The topological polar surface area (TPSA) is 89.3 Å². The van der Waals surface area contributed by atoms with Gasteiger partial charge in [0.2, 0.25) is 0 Å². The number of ketones is 1. The summed E-state index contributed by atoms with van der Waals surface area (Å²) in [6.45, 7) is 7.33. The Morgan fingerprint density at radius 3 is 2.40 bits per heavy atom. The van der Waals surface area contributed by atoms with E-state index in [-0.39, 0.29) is 27.0 Å². The minimum atomic E-state index is -3.47. The molecule has 0 amide bonds. The van der Waals surface area contributed by atoms with Crippen LogP contribution in [0.3, 0.4) is 0 Å². The summed E-state index contributed by atoms with van der Waals surface area (Å²) in [7, 11) is -3.47. The summed E-state index contributed by atoms with van der Waals surface area (Å²) in [5.74, 6) is -0.280. The number of nitrogens with one attached hydrogen (secondary N) is 1. The molecule has 0 bridgehead atoms. The van der Waals surface area contributed by atoms with Crippen molar-refractivity contribution in [1.29, 1.82) is 0 Å². The third-order valence-electron chi connectivity index (χ3n) is 2.68. The van der Waals surface area contributed by atoms with Gasteiger partial charge in [-0.2, -0.15) is 0 Å². The molecule has 0 saturated carbocycles. The van der Waals surface area contributed by atoms with E-state index in [0.29, 0.717) is 11.5 Å². The van der Waals surface area contributed by atoms with Gasteiger partial charge in [0.05, 0.1) is 16.3 Å². The second kappa shape index (κ2) is 6.41. The number of allylic oxidation sites excluding steroid dienone is 1. The highest BCUT2D eigenvalue weighted by atomic mass is 32.2. The molecular formula is C13H20N2O3S2. The molecule has 0 aromatic carbocycles. The van der Waals surface area contributed by atoms with Gasteiger partial charge in [-0.3, -0.25) is 4.79 Å². The van der Waals surface area contributed by atoms with E-state index in [2.05, 4.69) is 5.32 Å². The van der Waals surface area contributed by atoms with Crippen LogP contribution in [-0.2, 0) is 9.84 Å². The van der Waals surface area contributed by atoms with Crippen molar-refractivity contribution in [2.75, 3.05) is 23.3 Å². The Labute approximate surface area is 123 Å². The predicted octanol–water partition coefficient (Wildman–Crippen LogP) is 2.70. The summed E-state index contributed by atoms with van der Waals surface area (Å²) in [5.41, 5.74) is 7.03. The maximum Gasteiger partial charge on any atom is 0.183 e. The average Bonchev–Trinajstić information content (AvgIpc) is 2.66. The molecule has 7 heteroatoms. The Bertz CT molecular complexity index is 639. The highest BCUT2D eigenvalue weighted by Crippen LogP contribution is 2.39. The van der Waals surface area contributed by atoms with Crippen LogP contribution in [-0.4, -0.2) is 26.5 Å². The first-order chi connectivity index (χ1) is 9.20. The lowest BCUT2D eigenvalue weighted by Crippen LogP contribution is -2.09. The van der Waals surface area contributed by atoms with Gasteiger partial charge in [-0.1, -0.05) is 18.6 Å². The van der Waals surface area contributed by atoms with Crippen LogP contribution in [0.25, 0.3) is 0 Å². The Kier molecular flexibility index (Phi) is 5.35. The fourth-order valence-electron chi connectivity index (χ4n) is 1.61. The van der Waals surface area contributed by atoms with Crippen molar-refractivity contribution in [3.63, 3.8) is 0 Å². The summed E-state index contributed by atoms with van der Waals surface area (Å²) in [6, 6.07) is 0. The standard InChI is InChI=1S/C13H20N2O3S2/c1-5-20(17,18)12-10(14)11(9(4)16)19-13(12)15-7-6-8(2)3/h6,15H,5,7,14H2,1-4H3. The number of carbonyl (C=O) groups excluding carboxylic acids is 1. The van der Waals surface area contributed by atoms with Crippen LogP contribution in [0.1, 0.15) is 37.4 Å². The van der Waals surface area contributed by atoms with Crippen LogP contribution < -0.4 is 11.1 Å². The number of rotatable bonds is 6. The van der Waals surface area contributed by atoms with E-state index in [1.54, 1.807) is 6.92 Å². The number of carbonyl (C=O) groups is 1. The van der Waals surface area contributed by atoms with Gasteiger partial charge in [-0.25, -0.2) is 8.42 Å². The van der Waals surface area contributed by atoms with Crippen molar-refractivity contribution in [2.24, 2.45) is 0 Å². The van der Waals surface area contributed by atoms with Crippen LogP contribution in [0.4, 0.5) is 10.7 Å². The largest absolute Gasteiger partial charge is 0.396 e. The second-order valence-corrected chi connectivity index (χ2v) is 7.86. The molecule has 1 aromatic heterocycles. The first-order valence-corrected chi connectivity index (χ1v) is 8.70. The third kappa shape index (κ3) is 3.61. The molecule has 0 unspecified atom stereocenters. The van der Waals surface area contributed by atoms with Crippen molar-refractivity contribution in [3.8, 4) is 0 Å². The fraction of sp³-hybridized carbons (Fsp3) is 0.462. The predicted molar refractivity (Wildman–Crippen MR) is 84.4 cm³/mol. The van der Waals surface area contributed by atoms with E-state index in [1.165, 1.54) is 6.92 Å². The average molecular weight is 316 g/mol. The van der Waals surface area contributed by atoms with Crippen molar-refractivity contribution in [2.45, 2.75) is 32.6 Å². The molecule has 112 valence electrons. The van der Waals surface area contributed by atoms with Crippen LogP contribution in [0.5, 0.6) is 0 Å². The van der Waals surface area contributed by atoms with Crippen LogP contribution >= 0.6 is 11.3 Å². The van der Waals surface area contributed by atoms with Crippen molar-refractivity contribution < 1.29 is 13.2 Å². The van der Waals surface area contributed by atoms with Crippen molar-refractivity contribution in [1.82, 2.24) is 0 Å². The summed E-state index contributed by atoms with van der Waals surface area (Å²) in [6.07, 6.45) is 1.94. The van der Waals surface area contributed by atoms with Crippen molar-refractivity contribution >= 4 is 37.6 Å². The maximum atomic E-state index is 12.1. The van der Waals surface area contributed by atoms with Gasteiger partial charge in [0.1, 0.15) is 9.90 Å². The first-order valence-electron chi connectivity index (χ1n) is 6.23. The molecule has 1 heterocycles. The maximum absolute atomic E-state index is 12.1. The zero-order valence-electron chi connectivity index (χ0n) is 12.1. The molecule has 0 spiro atoms. The smallest absolute Gasteiger partial charge is 0.183 e. The molecule has 0 atom stereocenters. The minimum Gasteiger partial charge on any atom is -0.396 e. The lowest BCUT2D eigenvalue weighted by atomic mass is 10.3. The van der Waals surface area contributed by atoms with Gasteiger partial charge in [-0.05, 0) is 13.8 Å². The monoisotopic (exact) mass is 316 g/mol. The lowest BCUT2D eigenvalue weighted by Gasteiger charge is -2.06. The molecule has 1 rings (SSSR count). The van der Waals surface area contributed by atoms with Crippen LogP contribution in [0, 0.1) is 0 Å². The molecule has 0 aliphatic carbocycles. The quantitative estimate of drug-likeness (QED) is 0.622. The number of hydrogen-bond donors (Lipinski definition) is 2. The highest BCUT2D eigenvalue weighted by Gasteiger charge is 2.27. The Balaban J connectivity index is 3.32. The third-order valence-corrected chi connectivity index (χ3v) is 5.88. The molecule has 1 aromatic rings. The Morgan fingerprint density at radius 2 is 1.95 bits per heavy atom. The Morgan fingerprint density at radius 1 is 1.35 bits per heavy atom. The SMILES string of the molecule is CCS(=O)(=O)c1c(NCC=C(C)C)sc(C(C)=O)c1N. The highest BCUT2D eigenvalue weighted by molar-refractivity contribution is 7.91. The zero-order chi connectivity index (χ0) is 15.5. The number of nitrogen functional groups attached to an aromatic ring is 1. The van der Waals surface area contributed by atoms with Gasteiger partial charge in [0.15, 0.2) is 15.6 Å². The van der Waals surface area contributed by atoms with E-state index in [4.69, 9.17) is 5.73 Å². The first kappa shape index (κ1) is 16.7. The summed E-state index contributed by atoms with van der Waals surface area (Å²) >= 11 is 1.09. The van der Waals surface area contributed by atoms with E-state index < -0.39 is 9.84 Å².